The number of aliphatic hydroxyl groups excluding tert-OH is 1. The largest absolute Gasteiger partial charge is 0.395 e. The quantitative estimate of drug-likeness (QED) is 0.781. The monoisotopic (exact) mass is 387 g/mol. The number of rotatable bonds is 6. The number of nitrogens with zero attached hydrogens (tertiary/aromatic N) is 2. The van der Waals surface area contributed by atoms with E-state index in [9.17, 15) is 14.7 Å². The molecule has 2 aliphatic rings. The van der Waals surface area contributed by atoms with Crippen LogP contribution in [0.2, 0.25) is 0 Å². The first-order valence-electron chi connectivity index (χ1n) is 10.6. The van der Waals surface area contributed by atoms with Crippen LogP contribution in [0.15, 0.2) is 24.3 Å². The summed E-state index contributed by atoms with van der Waals surface area (Å²) in [6.07, 6.45) is 4.81. The van der Waals surface area contributed by atoms with Gasteiger partial charge in [-0.1, -0.05) is 24.1 Å². The van der Waals surface area contributed by atoms with Crippen LogP contribution in [-0.4, -0.2) is 72.1 Å². The van der Waals surface area contributed by atoms with Crippen molar-refractivity contribution in [2.24, 2.45) is 5.92 Å². The van der Waals surface area contributed by atoms with E-state index in [1.54, 1.807) is 0 Å². The molecule has 0 aliphatic carbocycles. The number of carbonyl (C=O) groups is 2. The zero-order valence-electron chi connectivity index (χ0n) is 16.9. The number of amides is 2. The van der Waals surface area contributed by atoms with Crippen LogP contribution in [-0.2, 0) is 4.79 Å². The molecule has 0 saturated carbocycles. The van der Waals surface area contributed by atoms with Gasteiger partial charge in [0.1, 0.15) is 0 Å². The fraction of sp³-hybridized carbons (Fsp3) is 0.636. The van der Waals surface area contributed by atoms with Crippen molar-refractivity contribution in [3.63, 3.8) is 0 Å². The van der Waals surface area contributed by atoms with Gasteiger partial charge in [0.15, 0.2) is 0 Å². The van der Waals surface area contributed by atoms with Gasteiger partial charge in [0, 0.05) is 43.7 Å². The van der Waals surface area contributed by atoms with Gasteiger partial charge in [-0.3, -0.25) is 14.5 Å². The van der Waals surface area contributed by atoms with Crippen molar-refractivity contribution < 1.29 is 14.7 Å². The zero-order chi connectivity index (χ0) is 19.9. The van der Waals surface area contributed by atoms with Gasteiger partial charge in [0.05, 0.1) is 6.61 Å². The highest BCUT2D eigenvalue weighted by molar-refractivity contribution is 5.94. The van der Waals surface area contributed by atoms with E-state index in [0.717, 1.165) is 31.5 Å². The number of nitrogens with one attached hydrogen (secondary N) is 1. The van der Waals surface area contributed by atoms with E-state index in [4.69, 9.17) is 0 Å². The Morgan fingerprint density at radius 1 is 1.07 bits per heavy atom. The molecule has 6 heteroatoms. The van der Waals surface area contributed by atoms with Crippen molar-refractivity contribution in [2.45, 2.75) is 45.1 Å². The number of benzene rings is 1. The Bertz CT molecular complexity index is 653. The van der Waals surface area contributed by atoms with Crippen LogP contribution in [0.1, 0.15) is 48.0 Å². The molecule has 154 valence electrons. The predicted molar refractivity (Wildman–Crippen MR) is 109 cm³/mol. The van der Waals surface area contributed by atoms with Crippen molar-refractivity contribution in [3.05, 3.63) is 35.4 Å². The lowest BCUT2D eigenvalue weighted by atomic mass is 9.95. The second-order valence-corrected chi connectivity index (χ2v) is 8.09. The Labute approximate surface area is 167 Å². The molecule has 1 aromatic carbocycles. The van der Waals surface area contributed by atoms with E-state index >= 15 is 0 Å². The number of carbonyl (C=O) groups excluding carboxylic acids is 2. The third-order valence-corrected chi connectivity index (χ3v) is 6.11. The van der Waals surface area contributed by atoms with E-state index in [1.807, 2.05) is 36.1 Å². The van der Waals surface area contributed by atoms with Crippen LogP contribution in [0, 0.1) is 12.8 Å². The van der Waals surface area contributed by atoms with Crippen LogP contribution >= 0.6 is 0 Å². The summed E-state index contributed by atoms with van der Waals surface area (Å²) < 4.78 is 0. The average molecular weight is 388 g/mol. The number of hydrogen-bond acceptors (Lipinski definition) is 4. The van der Waals surface area contributed by atoms with E-state index in [-0.39, 0.29) is 30.4 Å². The second kappa shape index (κ2) is 10.0. The summed E-state index contributed by atoms with van der Waals surface area (Å²) in [6.45, 7) is 5.88. The molecular formula is C22H33N3O3. The summed E-state index contributed by atoms with van der Waals surface area (Å²) in [4.78, 5) is 29.2. The topological polar surface area (TPSA) is 72.9 Å². The maximum Gasteiger partial charge on any atom is 0.253 e. The molecular weight excluding hydrogens is 354 g/mol. The van der Waals surface area contributed by atoms with Gasteiger partial charge in [-0.2, -0.15) is 0 Å². The maximum absolute atomic E-state index is 12.6. The fourth-order valence-corrected chi connectivity index (χ4v) is 4.25. The molecule has 2 amide bonds. The van der Waals surface area contributed by atoms with Crippen molar-refractivity contribution in [3.8, 4) is 0 Å². The number of aliphatic hydroxyl groups is 1. The molecule has 2 saturated heterocycles. The lowest BCUT2D eigenvalue weighted by Crippen LogP contribution is -2.47. The minimum atomic E-state index is -0.0166. The first-order valence-corrected chi connectivity index (χ1v) is 10.6. The summed E-state index contributed by atoms with van der Waals surface area (Å²) in [5.41, 5.74) is 1.86. The fourth-order valence-electron chi connectivity index (χ4n) is 4.25. The van der Waals surface area contributed by atoms with Gasteiger partial charge in [-0.25, -0.2) is 0 Å². The molecule has 2 aliphatic heterocycles. The molecule has 28 heavy (non-hydrogen) atoms. The maximum atomic E-state index is 12.6. The van der Waals surface area contributed by atoms with Gasteiger partial charge < -0.3 is 15.3 Å². The van der Waals surface area contributed by atoms with Crippen LogP contribution in [0.3, 0.4) is 0 Å². The lowest BCUT2D eigenvalue weighted by molar-refractivity contribution is -0.126. The van der Waals surface area contributed by atoms with Crippen molar-refractivity contribution in [1.29, 1.82) is 0 Å². The van der Waals surface area contributed by atoms with Gasteiger partial charge in [0.25, 0.3) is 5.91 Å². The van der Waals surface area contributed by atoms with Crippen LogP contribution in [0.4, 0.5) is 0 Å². The third kappa shape index (κ3) is 5.32. The summed E-state index contributed by atoms with van der Waals surface area (Å²) in [5.74, 6) is 0.135. The summed E-state index contributed by atoms with van der Waals surface area (Å²) in [5, 5.41) is 12.5. The molecule has 3 rings (SSSR count). The van der Waals surface area contributed by atoms with Crippen LogP contribution < -0.4 is 5.32 Å². The zero-order valence-corrected chi connectivity index (χ0v) is 16.9. The predicted octanol–water partition coefficient (Wildman–Crippen LogP) is 1.81. The van der Waals surface area contributed by atoms with Crippen molar-refractivity contribution in [1.82, 2.24) is 15.1 Å². The highest BCUT2D eigenvalue weighted by Crippen LogP contribution is 2.20. The minimum absolute atomic E-state index is 0.0166. The SMILES string of the molecule is Cc1ccc(C(=O)N2CCC(C(=O)NCCN3CCCC[C@H]3CO)CC2)cc1. The summed E-state index contributed by atoms with van der Waals surface area (Å²) in [6, 6.07) is 7.89. The van der Waals surface area contributed by atoms with Crippen LogP contribution in [0.5, 0.6) is 0 Å². The van der Waals surface area contributed by atoms with Gasteiger partial charge in [-0.15, -0.1) is 0 Å². The normalized spacial score (nSPS) is 21.5. The Kier molecular flexibility index (Phi) is 7.45. The molecule has 1 atom stereocenters. The molecule has 2 fully saturated rings. The van der Waals surface area contributed by atoms with Gasteiger partial charge in [0.2, 0.25) is 5.91 Å². The Balaban J connectivity index is 1.40. The van der Waals surface area contributed by atoms with Crippen LogP contribution in [0.25, 0.3) is 0 Å². The van der Waals surface area contributed by atoms with Crippen molar-refractivity contribution >= 4 is 11.8 Å². The first-order chi connectivity index (χ1) is 13.6. The van der Waals surface area contributed by atoms with E-state index in [0.29, 0.717) is 38.0 Å². The molecule has 0 spiro atoms. The molecule has 0 radical (unpaired) electrons. The molecule has 6 nitrogen and oxygen atoms in total. The number of aryl methyl sites for hydroxylation is 1. The summed E-state index contributed by atoms with van der Waals surface area (Å²) in [7, 11) is 0. The molecule has 0 bridgehead atoms. The molecule has 0 aromatic heterocycles. The van der Waals surface area contributed by atoms with Gasteiger partial charge in [-0.05, 0) is 51.3 Å². The number of hydrogen-bond donors (Lipinski definition) is 2. The molecule has 0 unspecified atom stereocenters. The first kappa shape index (κ1) is 20.8. The second-order valence-electron chi connectivity index (χ2n) is 8.09. The highest BCUT2D eigenvalue weighted by Gasteiger charge is 2.28. The molecule has 2 heterocycles. The smallest absolute Gasteiger partial charge is 0.253 e. The van der Waals surface area contributed by atoms with E-state index in [2.05, 4.69) is 10.2 Å². The Morgan fingerprint density at radius 2 is 1.79 bits per heavy atom. The van der Waals surface area contributed by atoms with E-state index in [1.165, 1.54) is 6.42 Å². The average Bonchev–Trinajstić information content (AvgIpc) is 2.74. The number of likely N-dealkylation sites (tertiary alicyclic amines) is 2. The Hall–Kier alpha value is -1.92. The van der Waals surface area contributed by atoms with Crippen molar-refractivity contribution in [2.75, 3.05) is 39.3 Å². The lowest BCUT2D eigenvalue weighted by Gasteiger charge is -2.35. The Morgan fingerprint density at radius 3 is 2.46 bits per heavy atom. The number of piperidine rings is 2. The van der Waals surface area contributed by atoms with E-state index < -0.39 is 0 Å². The van der Waals surface area contributed by atoms with Gasteiger partial charge >= 0.3 is 0 Å². The molecule has 2 N–H and O–H groups in total. The minimum Gasteiger partial charge on any atom is -0.395 e. The third-order valence-electron chi connectivity index (χ3n) is 6.11. The standard InChI is InChI=1S/C22H33N3O3/c1-17-5-7-19(8-6-17)22(28)25-13-9-18(10-14-25)21(27)23-11-15-24-12-3-2-4-20(24)16-26/h5-8,18,20,26H,2-4,9-16H2,1H3,(H,23,27)/t20-/m0/s1. The molecule has 1 aromatic rings. The summed E-state index contributed by atoms with van der Waals surface area (Å²) >= 11 is 0. The highest BCUT2D eigenvalue weighted by atomic mass is 16.3.